The molecule has 4 heterocycles. The fourth-order valence-corrected chi connectivity index (χ4v) is 5.38. The van der Waals surface area contributed by atoms with Crippen molar-refractivity contribution in [1.29, 1.82) is 0 Å². The molecule has 0 saturated carbocycles. The number of hydrogen-bond acceptors (Lipinski definition) is 7. The maximum atomic E-state index is 13.5. The molecule has 204 valence electrons. The van der Waals surface area contributed by atoms with E-state index in [-0.39, 0.29) is 11.5 Å². The molecule has 1 amide bonds. The fraction of sp³-hybridized carbons (Fsp3) is 0.300. The second kappa shape index (κ2) is 11.3. The van der Waals surface area contributed by atoms with E-state index < -0.39 is 6.04 Å². The van der Waals surface area contributed by atoms with Crippen LogP contribution in [0, 0.1) is 0 Å². The molecule has 0 bridgehead atoms. The van der Waals surface area contributed by atoms with E-state index in [1.165, 1.54) is 17.4 Å². The fourth-order valence-electron chi connectivity index (χ4n) is 5.38. The van der Waals surface area contributed by atoms with Crippen LogP contribution in [-0.2, 0) is 19.4 Å². The van der Waals surface area contributed by atoms with Gasteiger partial charge in [-0.1, -0.05) is 43.3 Å². The van der Waals surface area contributed by atoms with Crippen LogP contribution in [0.15, 0.2) is 82.2 Å². The third-order valence-electron chi connectivity index (χ3n) is 7.60. The first kappa shape index (κ1) is 25.7. The monoisotopic (exact) mass is 537 g/mol. The Hall–Kier alpha value is -4.57. The van der Waals surface area contributed by atoms with Crippen LogP contribution in [-0.4, -0.2) is 67.1 Å². The largest absolute Gasteiger partial charge is 0.459 e. The van der Waals surface area contributed by atoms with E-state index >= 15 is 0 Å². The van der Waals surface area contributed by atoms with Gasteiger partial charge in [-0.25, -0.2) is 4.68 Å². The summed E-state index contributed by atoms with van der Waals surface area (Å²) in [4.78, 5) is 33.5. The predicted molar refractivity (Wildman–Crippen MR) is 150 cm³/mol. The normalized spacial score (nSPS) is 15.0. The van der Waals surface area contributed by atoms with E-state index in [1.807, 2.05) is 36.4 Å². The molecule has 1 aliphatic rings. The van der Waals surface area contributed by atoms with Gasteiger partial charge in [0.25, 0.3) is 11.5 Å². The minimum atomic E-state index is -0.481. The molecule has 40 heavy (non-hydrogen) atoms. The smallest absolute Gasteiger partial charge is 0.289 e. The molecule has 1 aliphatic heterocycles. The molecule has 1 atom stereocenters. The van der Waals surface area contributed by atoms with Crippen LogP contribution in [0.3, 0.4) is 0 Å². The lowest BCUT2D eigenvalue weighted by atomic mass is 10.0. The van der Waals surface area contributed by atoms with E-state index in [1.54, 1.807) is 21.7 Å². The number of aryl methyl sites for hydroxylation is 3. The van der Waals surface area contributed by atoms with Crippen LogP contribution in [0.25, 0.3) is 10.9 Å². The van der Waals surface area contributed by atoms with Crippen LogP contribution < -0.4 is 5.56 Å². The first-order valence-electron chi connectivity index (χ1n) is 13.6. The molecule has 10 heteroatoms. The van der Waals surface area contributed by atoms with Crippen LogP contribution in [0.5, 0.6) is 0 Å². The number of pyridine rings is 1. The van der Waals surface area contributed by atoms with E-state index in [9.17, 15) is 9.59 Å². The Morgan fingerprint density at radius 1 is 1.00 bits per heavy atom. The lowest BCUT2D eigenvalue weighted by molar-refractivity contribution is 0.0558. The average Bonchev–Trinajstić information content (AvgIpc) is 3.70. The molecular weight excluding hydrogens is 506 g/mol. The average molecular weight is 538 g/mol. The number of H-pyrrole nitrogens is 1. The Morgan fingerprint density at radius 3 is 2.58 bits per heavy atom. The number of hydrogen-bond donors (Lipinski definition) is 1. The number of carbonyl (C=O) groups excluding carboxylic acids is 1. The van der Waals surface area contributed by atoms with Crippen molar-refractivity contribution in [3.8, 4) is 0 Å². The number of aromatic amines is 1. The highest BCUT2D eigenvalue weighted by Gasteiger charge is 2.34. The number of piperazine rings is 1. The molecule has 0 radical (unpaired) electrons. The minimum absolute atomic E-state index is 0.135. The second-order valence-electron chi connectivity index (χ2n) is 10.0. The Labute approximate surface area is 231 Å². The van der Waals surface area contributed by atoms with Crippen molar-refractivity contribution in [2.45, 2.75) is 32.4 Å². The summed E-state index contributed by atoms with van der Waals surface area (Å²) in [6, 6.07) is 21.2. The summed E-state index contributed by atoms with van der Waals surface area (Å²) in [6.45, 7) is 4.77. The van der Waals surface area contributed by atoms with Gasteiger partial charge in [0.05, 0.1) is 6.26 Å². The zero-order valence-corrected chi connectivity index (χ0v) is 22.4. The summed E-state index contributed by atoms with van der Waals surface area (Å²) in [5.74, 6) is 0.801. The van der Waals surface area contributed by atoms with Gasteiger partial charge in [0.2, 0.25) is 0 Å². The number of carbonyl (C=O) groups is 1. The first-order chi connectivity index (χ1) is 19.6. The number of benzene rings is 2. The quantitative estimate of drug-likeness (QED) is 0.323. The molecule has 1 fully saturated rings. The number of amides is 1. The van der Waals surface area contributed by atoms with E-state index in [0.717, 1.165) is 23.7 Å². The molecule has 10 nitrogen and oxygen atoms in total. The summed E-state index contributed by atoms with van der Waals surface area (Å²) in [5, 5.41) is 13.7. The molecule has 6 rings (SSSR count). The van der Waals surface area contributed by atoms with Gasteiger partial charge in [-0.2, -0.15) is 0 Å². The molecule has 3 aromatic heterocycles. The van der Waals surface area contributed by atoms with Gasteiger partial charge in [-0.05, 0) is 70.1 Å². The van der Waals surface area contributed by atoms with Gasteiger partial charge in [-0.3, -0.25) is 14.5 Å². The lowest BCUT2D eigenvalue weighted by Crippen LogP contribution is -2.50. The van der Waals surface area contributed by atoms with E-state index in [4.69, 9.17) is 4.42 Å². The van der Waals surface area contributed by atoms with E-state index in [2.05, 4.69) is 50.5 Å². The number of nitrogens with one attached hydrogen (secondary N) is 1. The van der Waals surface area contributed by atoms with Crippen molar-refractivity contribution in [3.05, 3.63) is 112 Å². The molecule has 5 aromatic rings. The topological polar surface area (TPSA) is 113 Å². The van der Waals surface area contributed by atoms with Crippen LogP contribution >= 0.6 is 0 Å². The number of tetrazole rings is 1. The summed E-state index contributed by atoms with van der Waals surface area (Å²) < 4.78 is 7.12. The standard InChI is InChI=1S/C30H31N7O3/c1-2-21-10-11-25-23(19-21)20-24(29(38)31-25)27(28-32-33-34-37(28)13-12-22-7-4-3-5-8-22)35-14-16-36(17-15-35)30(39)26-9-6-18-40-26/h3-11,18-20,27H,2,12-17H2,1H3,(H,31,38). The van der Waals surface area contributed by atoms with Gasteiger partial charge in [0, 0.05) is 43.8 Å². The third kappa shape index (κ3) is 5.17. The highest BCUT2D eigenvalue weighted by Crippen LogP contribution is 2.28. The summed E-state index contributed by atoms with van der Waals surface area (Å²) in [7, 11) is 0. The lowest BCUT2D eigenvalue weighted by Gasteiger charge is -2.38. The number of aromatic nitrogens is 5. The van der Waals surface area contributed by atoms with Crippen molar-refractivity contribution in [2.75, 3.05) is 26.2 Å². The molecule has 1 N–H and O–H groups in total. The van der Waals surface area contributed by atoms with Crippen molar-refractivity contribution in [3.63, 3.8) is 0 Å². The number of furan rings is 1. The van der Waals surface area contributed by atoms with Crippen LogP contribution in [0.4, 0.5) is 0 Å². The minimum Gasteiger partial charge on any atom is -0.459 e. The summed E-state index contributed by atoms with van der Waals surface area (Å²) in [6.07, 6.45) is 3.16. The molecule has 2 aromatic carbocycles. The summed E-state index contributed by atoms with van der Waals surface area (Å²) >= 11 is 0. The van der Waals surface area contributed by atoms with Crippen molar-refractivity contribution in [1.82, 2.24) is 35.0 Å². The highest BCUT2D eigenvalue weighted by atomic mass is 16.3. The summed E-state index contributed by atoms with van der Waals surface area (Å²) in [5.41, 5.74) is 3.58. The zero-order chi connectivity index (χ0) is 27.5. The number of rotatable bonds is 8. The molecule has 1 saturated heterocycles. The Kier molecular flexibility index (Phi) is 7.24. The molecule has 1 unspecified atom stereocenters. The third-order valence-corrected chi connectivity index (χ3v) is 7.60. The van der Waals surface area contributed by atoms with Crippen molar-refractivity contribution >= 4 is 16.8 Å². The number of fused-ring (bicyclic) bond motifs is 1. The molecule has 0 spiro atoms. The van der Waals surface area contributed by atoms with Crippen LogP contribution in [0.2, 0.25) is 0 Å². The van der Waals surface area contributed by atoms with Gasteiger partial charge >= 0.3 is 0 Å². The van der Waals surface area contributed by atoms with Crippen molar-refractivity contribution < 1.29 is 9.21 Å². The van der Waals surface area contributed by atoms with Gasteiger partial charge in [0.1, 0.15) is 6.04 Å². The van der Waals surface area contributed by atoms with Gasteiger partial charge < -0.3 is 14.3 Å². The van der Waals surface area contributed by atoms with Gasteiger partial charge in [0.15, 0.2) is 11.6 Å². The highest BCUT2D eigenvalue weighted by molar-refractivity contribution is 5.91. The molecule has 0 aliphatic carbocycles. The molecular formula is C30H31N7O3. The van der Waals surface area contributed by atoms with Gasteiger partial charge in [-0.15, -0.1) is 5.10 Å². The maximum absolute atomic E-state index is 13.5. The van der Waals surface area contributed by atoms with Crippen molar-refractivity contribution in [2.24, 2.45) is 0 Å². The maximum Gasteiger partial charge on any atom is 0.289 e. The Bertz CT molecular complexity index is 1650. The number of nitrogens with zero attached hydrogens (tertiary/aromatic N) is 6. The van der Waals surface area contributed by atoms with E-state index in [0.29, 0.717) is 49.9 Å². The second-order valence-corrected chi connectivity index (χ2v) is 10.0. The Morgan fingerprint density at radius 2 is 1.82 bits per heavy atom. The Balaban J connectivity index is 1.35. The zero-order valence-electron chi connectivity index (χ0n) is 22.4. The predicted octanol–water partition coefficient (Wildman–Crippen LogP) is 3.46. The first-order valence-corrected chi connectivity index (χ1v) is 13.6. The SMILES string of the molecule is CCc1ccc2[nH]c(=O)c(C(c3nnnn3CCc3ccccc3)N3CCN(C(=O)c4ccco4)CC3)cc2c1. The van der Waals surface area contributed by atoms with Crippen LogP contribution in [0.1, 0.15) is 46.0 Å².